The van der Waals surface area contributed by atoms with Gasteiger partial charge in [-0.15, -0.1) is 0 Å². The van der Waals surface area contributed by atoms with Crippen molar-refractivity contribution in [2.24, 2.45) is 11.7 Å². The Morgan fingerprint density at radius 1 is 1.44 bits per heavy atom. The summed E-state index contributed by atoms with van der Waals surface area (Å²) >= 11 is 0. The molecule has 100 valence electrons. The quantitative estimate of drug-likeness (QED) is 0.849. The molecule has 0 radical (unpaired) electrons. The van der Waals surface area contributed by atoms with Crippen LogP contribution in [0.5, 0.6) is 0 Å². The minimum Gasteiger partial charge on any atom is -0.320 e. The van der Waals surface area contributed by atoms with E-state index in [9.17, 15) is 13.4 Å². The van der Waals surface area contributed by atoms with Gasteiger partial charge in [-0.05, 0) is 24.5 Å². The van der Waals surface area contributed by atoms with Crippen LogP contribution in [0, 0.1) is 11.7 Å². The smallest absolute Gasteiger partial charge is 0.248 e. The van der Waals surface area contributed by atoms with Crippen molar-refractivity contribution in [2.75, 3.05) is 0 Å². The molecular formula is C12H17FN2O2S. The summed E-state index contributed by atoms with van der Waals surface area (Å²) in [5.41, 5.74) is 5.64. The molecule has 0 aliphatic rings. The third-order valence-electron chi connectivity index (χ3n) is 2.29. The second-order valence-corrected chi connectivity index (χ2v) is 5.58. The van der Waals surface area contributed by atoms with Crippen molar-refractivity contribution in [1.29, 1.82) is 0 Å². The maximum atomic E-state index is 13.3. The summed E-state index contributed by atoms with van der Waals surface area (Å²) in [6.45, 7) is 3.86. The molecule has 6 heteroatoms. The summed E-state index contributed by atoms with van der Waals surface area (Å²) in [6.07, 6.45) is 0.486. The number of benzene rings is 1. The molecule has 1 aromatic carbocycles. The normalized spacial score (nSPS) is 14.3. The van der Waals surface area contributed by atoms with Gasteiger partial charge in [0.2, 0.25) is 5.91 Å². The molecule has 0 bridgehead atoms. The molecule has 2 atom stereocenters. The number of hydrogen-bond acceptors (Lipinski definition) is 3. The predicted octanol–water partition coefficient (Wildman–Crippen LogP) is 1.34. The number of nitrogens with one attached hydrogen (secondary N) is 1. The molecule has 0 aliphatic carbocycles. The fourth-order valence-corrected chi connectivity index (χ4v) is 2.32. The first-order valence-electron chi connectivity index (χ1n) is 5.64. The van der Waals surface area contributed by atoms with Crippen LogP contribution in [0.3, 0.4) is 0 Å². The molecule has 0 fully saturated rings. The van der Waals surface area contributed by atoms with Gasteiger partial charge in [0.1, 0.15) is 5.82 Å². The van der Waals surface area contributed by atoms with Crippen LogP contribution in [0.25, 0.3) is 0 Å². The molecule has 0 saturated carbocycles. The van der Waals surface area contributed by atoms with Gasteiger partial charge >= 0.3 is 0 Å². The molecule has 0 heterocycles. The second-order valence-electron chi connectivity index (χ2n) is 4.40. The van der Waals surface area contributed by atoms with Gasteiger partial charge in [-0.1, -0.05) is 26.0 Å². The fourth-order valence-electron chi connectivity index (χ4n) is 1.43. The number of amides is 1. The average Bonchev–Trinajstić information content (AvgIpc) is 2.28. The zero-order valence-corrected chi connectivity index (χ0v) is 11.2. The lowest BCUT2D eigenvalue weighted by Crippen LogP contribution is -2.42. The van der Waals surface area contributed by atoms with E-state index in [1.54, 1.807) is 6.07 Å². The maximum absolute atomic E-state index is 13.3. The van der Waals surface area contributed by atoms with Gasteiger partial charge in [0.25, 0.3) is 0 Å². The molecule has 1 amide bonds. The van der Waals surface area contributed by atoms with Crippen LogP contribution >= 0.6 is 0 Å². The molecular weight excluding hydrogens is 255 g/mol. The Morgan fingerprint density at radius 2 is 2.06 bits per heavy atom. The molecule has 4 nitrogen and oxygen atoms in total. The first-order chi connectivity index (χ1) is 8.41. The van der Waals surface area contributed by atoms with Crippen molar-refractivity contribution in [3.05, 3.63) is 30.1 Å². The predicted molar refractivity (Wildman–Crippen MR) is 68.4 cm³/mol. The van der Waals surface area contributed by atoms with Crippen LogP contribution in [0.15, 0.2) is 29.2 Å². The Morgan fingerprint density at radius 3 is 2.61 bits per heavy atom. The molecule has 0 spiro atoms. The van der Waals surface area contributed by atoms with Gasteiger partial charge in [-0.3, -0.25) is 9.52 Å². The van der Waals surface area contributed by atoms with Gasteiger partial charge in [-0.25, -0.2) is 8.60 Å². The van der Waals surface area contributed by atoms with Crippen molar-refractivity contribution in [1.82, 2.24) is 4.72 Å². The zero-order valence-electron chi connectivity index (χ0n) is 10.4. The number of carbonyl (C=O) groups excluding carboxylic acids is 1. The Bertz CT molecular complexity index is 451. The maximum Gasteiger partial charge on any atom is 0.248 e. The van der Waals surface area contributed by atoms with E-state index in [2.05, 4.69) is 4.72 Å². The third-order valence-corrected chi connectivity index (χ3v) is 3.41. The minimum absolute atomic E-state index is 0.0532. The summed E-state index contributed by atoms with van der Waals surface area (Å²) in [5.74, 6) is -0.897. The molecule has 18 heavy (non-hydrogen) atoms. The standard InChI is InChI=1S/C12H17FN2O2S/c1-8(2)7-10(14)12(16)15-18(17)11-6-4-3-5-9(11)13/h3-6,8,10H,7,14H2,1-2H3,(H,15,16). The number of hydrogen-bond donors (Lipinski definition) is 2. The Kier molecular flexibility index (Phi) is 5.43. The number of halogens is 1. The number of rotatable bonds is 5. The van der Waals surface area contributed by atoms with Gasteiger partial charge in [0.15, 0.2) is 11.0 Å². The second kappa shape index (κ2) is 6.61. The van der Waals surface area contributed by atoms with Crippen LogP contribution in [0.2, 0.25) is 0 Å². The SMILES string of the molecule is CC(C)CC(N)C(=O)NS(=O)c1ccccc1F. The van der Waals surface area contributed by atoms with E-state index in [0.29, 0.717) is 6.42 Å². The van der Waals surface area contributed by atoms with Gasteiger partial charge in [-0.2, -0.15) is 0 Å². The molecule has 0 aromatic heterocycles. The summed E-state index contributed by atoms with van der Waals surface area (Å²) < 4.78 is 27.3. The summed E-state index contributed by atoms with van der Waals surface area (Å²) in [6, 6.07) is 4.85. The molecule has 2 unspecified atom stereocenters. The highest BCUT2D eigenvalue weighted by molar-refractivity contribution is 7.83. The lowest BCUT2D eigenvalue weighted by molar-refractivity contribution is -0.120. The molecule has 1 aromatic rings. The molecule has 0 aliphatic heterocycles. The van der Waals surface area contributed by atoms with E-state index in [1.165, 1.54) is 18.2 Å². The van der Waals surface area contributed by atoms with E-state index in [-0.39, 0.29) is 10.8 Å². The Labute approximate surface area is 108 Å². The topological polar surface area (TPSA) is 72.2 Å². The summed E-state index contributed by atoms with van der Waals surface area (Å²) in [5, 5.41) is 0. The highest BCUT2D eigenvalue weighted by Gasteiger charge is 2.18. The van der Waals surface area contributed by atoms with Gasteiger partial charge in [0.05, 0.1) is 10.9 Å². The van der Waals surface area contributed by atoms with Crippen LogP contribution in [-0.4, -0.2) is 16.2 Å². The first-order valence-corrected chi connectivity index (χ1v) is 6.79. The number of carbonyl (C=O) groups is 1. The molecule has 0 saturated heterocycles. The van der Waals surface area contributed by atoms with E-state index >= 15 is 0 Å². The highest BCUT2D eigenvalue weighted by Crippen LogP contribution is 2.10. The number of nitrogens with two attached hydrogens (primary N) is 1. The van der Waals surface area contributed by atoms with Crippen molar-refractivity contribution in [3.63, 3.8) is 0 Å². The van der Waals surface area contributed by atoms with Crippen LogP contribution in [-0.2, 0) is 15.8 Å². The monoisotopic (exact) mass is 272 g/mol. The van der Waals surface area contributed by atoms with Crippen LogP contribution < -0.4 is 10.5 Å². The van der Waals surface area contributed by atoms with E-state index in [0.717, 1.165) is 0 Å². The molecule has 1 rings (SSSR count). The average molecular weight is 272 g/mol. The first kappa shape index (κ1) is 14.8. The lowest BCUT2D eigenvalue weighted by atomic mass is 10.0. The van der Waals surface area contributed by atoms with Crippen molar-refractivity contribution in [2.45, 2.75) is 31.2 Å². The van der Waals surface area contributed by atoms with E-state index < -0.39 is 28.8 Å². The van der Waals surface area contributed by atoms with Crippen molar-refractivity contribution >= 4 is 16.9 Å². The minimum atomic E-state index is -1.92. The fraction of sp³-hybridized carbons (Fsp3) is 0.417. The summed E-state index contributed by atoms with van der Waals surface area (Å²) in [7, 11) is -1.92. The Hall–Kier alpha value is -1.27. The Balaban J connectivity index is 2.66. The lowest BCUT2D eigenvalue weighted by Gasteiger charge is -2.13. The van der Waals surface area contributed by atoms with Gasteiger partial charge < -0.3 is 5.73 Å². The van der Waals surface area contributed by atoms with E-state index in [1.807, 2.05) is 13.8 Å². The van der Waals surface area contributed by atoms with Crippen molar-refractivity contribution < 1.29 is 13.4 Å². The van der Waals surface area contributed by atoms with Crippen LogP contribution in [0.4, 0.5) is 4.39 Å². The van der Waals surface area contributed by atoms with Gasteiger partial charge in [0, 0.05) is 0 Å². The highest BCUT2D eigenvalue weighted by atomic mass is 32.2. The zero-order chi connectivity index (χ0) is 13.7. The largest absolute Gasteiger partial charge is 0.320 e. The summed E-state index contributed by atoms with van der Waals surface area (Å²) in [4.78, 5) is 11.6. The third kappa shape index (κ3) is 4.19. The molecule has 3 N–H and O–H groups in total. The van der Waals surface area contributed by atoms with Crippen molar-refractivity contribution in [3.8, 4) is 0 Å². The van der Waals surface area contributed by atoms with Crippen LogP contribution in [0.1, 0.15) is 20.3 Å². The van der Waals surface area contributed by atoms with E-state index in [4.69, 9.17) is 5.73 Å².